The summed E-state index contributed by atoms with van der Waals surface area (Å²) >= 11 is 1.28. The van der Waals surface area contributed by atoms with E-state index in [0.717, 1.165) is 0 Å². The van der Waals surface area contributed by atoms with Crippen molar-refractivity contribution in [2.24, 2.45) is 0 Å². The van der Waals surface area contributed by atoms with Gasteiger partial charge in [-0.1, -0.05) is 0 Å². The molecule has 0 atom stereocenters. The van der Waals surface area contributed by atoms with Crippen LogP contribution in [0.15, 0.2) is 23.4 Å². The number of rotatable bonds is 4. The van der Waals surface area contributed by atoms with Gasteiger partial charge in [0.1, 0.15) is 6.07 Å². The van der Waals surface area contributed by atoms with Crippen LogP contribution >= 0.6 is 22.4 Å². The molecule has 0 unspecified atom stereocenters. The van der Waals surface area contributed by atoms with Crippen molar-refractivity contribution in [2.45, 2.75) is 5.03 Å². The number of halogens is 1. The molecule has 0 spiro atoms. The first-order chi connectivity index (χ1) is 7.01. The van der Waals surface area contributed by atoms with Crippen LogP contribution < -0.4 is 0 Å². The van der Waals surface area contributed by atoms with Gasteiger partial charge in [0.15, 0.2) is 0 Å². The van der Waals surface area contributed by atoms with Crippen LogP contribution in [-0.4, -0.2) is 24.9 Å². The van der Waals surface area contributed by atoms with E-state index in [0.29, 0.717) is 16.3 Å². The summed E-state index contributed by atoms with van der Waals surface area (Å²) in [6.45, 7) is 0. The third-order valence-corrected chi connectivity index (χ3v) is 3.80. The van der Waals surface area contributed by atoms with Crippen LogP contribution in [0, 0.1) is 11.3 Å². The fourth-order valence-corrected chi connectivity index (χ4v) is 2.97. The minimum Gasteiger partial charge on any atom is -0.249 e. The van der Waals surface area contributed by atoms with E-state index in [-0.39, 0.29) is 5.75 Å². The molecule has 0 amide bonds. The van der Waals surface area contributed by atoms with Gasteiger partial charge in [-0.25, -0.2) is 13.4 Å². The van der Waals surface area contributed by atoms with Gasteiger partial charge < -0.3 is 0 Å². The lowest BCUT2D eigenvalue weighted by Crippen LogP contribution is -1.99. The normalized spacial score (nSPS) is 10.9. The zero-order valence-corrected chi connectivity index (χ0v) is 9.94. The fourth-order valence-electron chi connectivity index (χ4n) is 0.778. The van der Waals surface area contributed by atoms with Crippen LogP contribution in [0.25, 0.3) is 0 Å². The van der Waals surface area contributed by atoms with Gasteiger partial charge in [0.05, 0.1) is 16.3 Å². The molecular weight excluding hydrogens is 256 g/mol. The Morgan fingerprint density at radius 1 is 1.53 bits per heavy atom. The maximum absolute atomic E-state index is 10.6. The Hall–Kier alpha value is -0.770. The average molecular weight is 263 g/mol. The highest BCUT2D eigenvalue weighted by atomic mass is 35.7. The first-order valence-electron chi connectivity index (χ1n) is 3.92. The summed E-state index contributed by atoms with van der Waals surface area (Å²) in [7, 11) is 1.61. The molecule has 1 rings (SSSR count). The smallest absolute Gasteiger partial charge is 0.233 e. The van der Waals surface area contributed by atoms with Crippen LogP contribution in [0.1, 0.15) is 5.56 Å². The molecule has 4 nitrogen and oxygen atoms in total. The number of nitrogens with zero attached hydrogens (tertiary/aromatic N) is 2. The van der Waals surface area contributed by atoms with Gasteiger partial charge in [-0.2, -0.15) is 5.26 Å². The largest absolute Gasteiger partial charge is 0.249 e. The minimum atomic E-state index is -3.44. The predicted molar refractivity (Wildman–Crippen MR) is 59.3 cm³/mol. The number of thioether (sulfide) groups is 1. The van der Waals surface area contributed by atoms with Crippen LogP contribution in [0.2, 0.25) is 0 Å². The highest BCUT2D eigenvalue weighted by Gasteiger charge is 2.05. The maximum Gasteiger partial charge on any atom is 0.233 e. The van der Waals surface area contributed by atoms with E-state index in [1.54, 1.807) is 12.1 Å². The summed E-state index contributed by atoms with van der Waals surface area (Å²) in [5.74, 6) is 0.256. The predicted octanol–water partition coefficient (Wildman–Crippen LogP) is 1.61. The topological polar surface area (TPSA) is 70.8 Å². The van der Waals surface area contributed by atoms with Gasteiger partial charge in [0.25, 0.3) is 0 Å². The molecule has 0 aromatic carbocycles. The lowest BCUT2D eigenvalue weighted by atomic mass is 10.3. The van der Waals surface area contributed by atoms with Gasteiger partial charge in [0, 0.05) is 22.6 Å². The Labute approximate surface area is 96.7 Å². The monoisotopic (exact) mass is 262 g/mol. The molecule has 0 saturated heterocycles. The molecule has 1 aromatic heterocycles. The van der Waals surface area contributed by atoms with Crippen molar-refractivity contribution in [3.05, 3.63) is 23.9 Å². The van der Waals surface area contributed by atoms with Crippen molar-refractivity contribution in [1.29, 1.82) is 5.26 Å². The zero-order chi connectivity index (χ0) is 11.3. The summed E-state index contributed by atoms with van der Waals surface area (Å²) in [6, 6.07) is 5.25. The molecular formula is C8H7ClN2O2S2. The van der Waals surface area contributed by atoms with E-state index >= 15 is 0 Å². The molecule has 0 N–H and O–H groups in total. The maximum atomic E-state index is 10.6. The highest BCUT2D eigenvalue weighted by Crippen LogP contribution is 2.16. The Balaban J connectivity index is 2.49. The SMILES string of the molecule is N#Cc1ccc(SCCS(=O)(=O)Cl)nc1. The third-order valence-electron chi connectivity index (χ3n) is 1.44. The van der Waals surface area contributed by atoms with E-state index < -0.39 is 9.05 Å². The molecule has 0 radical (unpaired) electrons. The Morgan fingerprint density at radius 2 is 2.27 bits per heavy atom. The van der Waals surface area contributed by atoms with Gasteiger partial charge in [-0.15, -0.1) is 11.8 Å². The molecule has 0 bridgehead atoms. The fraction of sp³-hybridized carbons (Fsp3) is 0.250. The van der Waals surface area contributed by atoms with Crippen molar-refractivity contribution in [3.63, 3.8) is 0 Å². The summed E-state index contributed by atoms with van der Waals surface area (Å²) < 4.78 is 21.2. The van der Waals surface area contributed by atoms with Crippen LogP contribution in [0.4, 0.5) is 0 Å². The molecule has 7 heteroatoms. The average Bonchev–Trinajstić information content (AvgIpc) is 2.17. The number of pyridine rings is 1. The molecule has 0 saturated carbocycles. The minimum absolute atomic E-state index is 0.0963. The Bertz CT molecular complexity index is 464. The van der Waals surface area contributed by atoms with Gasteiger partial charge in [-0.3, -0.25) is 0 Å². The molecule has 1 aromatic rings. The number of hydrogen-bond donors (Lipinski definition) is 0. The lowest BCUT2D eigenvalue weighted by Gasteiger charge is -1.98. The van der Waals surface area contributed by atoms with Crippen LogP contribution in [-0.2, 0) is 9.05 Å². The third kappa shape index (κ3) is 5.02. The van der Waals surface area contributed by atoms with Crippen molar-refractivity contribution in [1.82, 2.24) is 4.98 Å². The Morgan fingerprint density at radius 3 is 2.73 bits per heavy atom. The second-order valence-electron chi connectivity index (χ2n) is 2.59. The second kappa shape index (κ2) is 5.35. The molecule has 0 aliphatic heterocycles. The summed E-state index contributed by atoms with van der Waals surface area (Å²) in [5.41, 5.74) is 0.476. The second-order valence-corrected chi connectivity index (χ2v) is 6.60. The summed E-state index contributed by atoms with van der Waals surface area (Å²) in [4.78, 5) is 3.97. The zero-order valence-electron chi connectivity index (χ0n) is 7.55. The van der Waals surface area contributed by atoms with E-state index in [9.17, 15) is 8.42 Å². The van der Waals surface area contributed by atoms with Crippen molar-refractivity contribution in [2.75, 3.05) is 11.5 Å². The number of nitriles is 1. The van der Waals surface area contributed by atoms with E-state index in [1.165, 1.54) is 18.0 Å². The quantitative estimate of drug-likeness (QED) is 0.609. The molecule has 80 valence electrons. The molecule has 0 aliphatic carbocycles. The van der Waals surface area contributed by atoms with E-state index in [1.807, 2.05) is 6.07 Å². The Kier molecular flexibility index (Phi) is 4.39. The highest BCUT2D eigenvalue weighted by molar-refractivity contribution is 8.14. The number of hydrogen-bond acceptors (Lipinski definition) is 5. The standard InChI is InChI=1S/C8H7ClN2O2S2/c9-15(12,13)4-3-14-8-2-1-7(5-10)6-11-8/h1-2,6H,3-4H2. The molecule has 15 heavy (non-hydrogen) atoms. The van der Waals surface area contributed by atoms with Crippen LogP contribution in [0.5, 0.6) is 0 Å². The first-order valence-corrected chi connectivity index (χ1v) is 7.39. The van der Waals surface area contributed by atoms with Gasteiger partial charge in [-0.05, 0) is 12.1 Å². The van der Waals surface area contributed by atoms with Crippen molar-refractivity contribution < 1.29 is 8.42 Å². The summed E-state index contributed by atoms with van der Waals surface area (Å²) in [6.07, 6.45) is 1.44. The summed E-state index contributed by atoms with van der Waals surface area (Å²) in [5, 5.41) is 9.19. The van der Waals surface area contributed by atoms with E-state index in [4.69, 9.17) is 15.9 Å². The molecule has 0 aliphatic rings. The lowest BCUT2D eigenvalue weighted by molar-refractivity contribution is 0.611. The molecule has 1 heterocycles. The van der Waals surface area contributed by atoms with Gasteiger partial charge in [0.2, 0.25) is 9.05 Å². The van der Waals surface area contributed by atoms with Gasteiger partial charge >= 0.3 is 0 Å². The van der Waals surface area contributed by atoms with Crippen molar-refractivity contribution >= 4 is 31.5 Å². The van der Waals surface area contributed by atoms with E-state index in [2.05, 4.69) is 4.98 Å². The van der Waals surface area contributed by atoms with Crippen molar-refractivity contribution in [3.8, 4) is 6.07 Å². The van der Waals surface area contributed by atoms with Crippen LogP contribution in [0.3, 0.4) is 0 Å². The molecule has 0 fully saturated rings. The first kappa shape index (κ1) is 12.3. The number of aromatic nitrogens is 1.